The summed E-state index contributed by atoms with van der Waals surface area (Å²) >= 11 is 0. The zero-order chi connectivity index (χ0) is 18.5. The van der Waals surface area contributed by atoms with Crippen LogP contribution in [0.2, 0.25) is 0 Å². The van der Waals surface area contributed by atoms with Gasteiger partial charge in [0.25, 0.3) is 0 Å². The van der Waals surface area contributed by atoms with Crippen LogP contribution < -0.4 is 5.32 Å². The number of aryl methyl sites for hydroxylation is 2. The third kappa shape index (κ3) is 4.37. The molecule has 1 amide bonds. The summed E-state index contributed by atoms with van der Waals surface area (Å²) in [5.74, 6) is 1.85. The fourth-order valence-corrected chi connectivity index (χ4v) is 2.98. The first-order chi connectivity index (χ1) is 12.5. The number of anilines is 1. The molecule has 2 aromatic rings. The van der Waals surface area contributed by atoms with Gasteiger partial charge in [0.15, 0.2) is 0 Å². The quantitative estimate of drug-likeness (QED) is 0.804. The molecule has 26 heavy (non-hydrogen) atoms. The van der Waals surface area contributed by atoms with Crippen LogP contribution in [0.5, 0.6) is 0 Å². The van der Waals surface area contributed by atoms with E-state index in [2.05, 4.69) is 20.4 Å². The Bertz CT molecular complexity index is 736. The predicted octanol–water partition coefficient (Wildman–Crippen LogP) is 1.70. The number of hydrogen-bond acceptors (Lipinski definition) is 7. The highest BCUT2D eigenvalue weighted by Crippen LogP contribution is 2.24. The van der Waals surface area contributed by atoms with E-state index in [4.69, 9.17) is 9.26 Å². The molecule has 8 nitrogen and oxygen atoms in total. The number of nitrogens with zero attached hydrogens (tertiary/aromatic N) is 4. The largest absolute Gasteiger partial charge is 0.381 e. The molecular weight excluding hydrogens is 334 g/mol. The maximum atomic E-state index is 12.4. The molecular formula is C18H25N5O3. The van der Waals surface area contributed by atoms with Crippen LogP contribution in [0.1, 0.15) is 35.1 Å². The number of carbonyl (C=O) groups excluding carboxylic acids is 1. The highest BCUT2D eigenvalue weighted by molar-refractivity contribution is 5.79. The molecule has 0 aliphatic carbocycles. The summed E-state index contributed by atoms with van der Waals surface area (Å²) in [7, 11) is 1.80. The normalized spacial score (nSPS) is 16.7. The Morgan fingerprint density at radius 3 is 2.92 bits per heavy atom. The summed E-state index contributed by atoms with van der Waals surface area (Å²) in [5, 5.41) is 7.15. The summed E-state index contributed by atoms with van der Waals surface area (Å²) in [6.45, 7) is 6.37. The molecule has 0 aromatic carbocycles. The molecule has 0 bridgehead atoms. The molecule has 140 valence electrons. The fourth-order valence-electron chi connectivity index (χ4n) is 2.98. The summed E-state index contributed by atoms with van der Waals surface area (Å²) < 4.78 is 10.5. The number of likely N-dealkylation sites (N-methyl/N-ethyl adjacent to an activating group) is 1. The van der Waals surface area contributed by atoms with E-state index < -0.39 is 0 Å². The number of rotatable bonds is 7. The highest BCUT2D eigenvalue weighted by atomic mass is 16.5. The van der Waals surface area contributed by atoms with Crippen LogP contribution in [-0.2, 0) is 16.0 Å². The van der Waals surface area contributed by atoms with Gasteiger partial charge in [-0.1, -0.05) is 5.16 Å². The molecule has 0 saturated carbocycles. The number of nitrogens with one attached hydrogen (secondary N) is 1. The number of hydrogen-bond donors (Lipinski definition) is 1. The maximum absolute atomic E-state index is 12.4. The molecule has 0 spiro atoms. The Morgan fingerprint density at radius 1 is 1.38 bits per heavy atom. The second-order valence-electron chi connectivity index (χ2n) is 6.61. The lowest BCUT2D eigenvalue weighted by molar-refractivity contribution is -0.129. The van der Waals surface area contributed by atoms with Gasteiger partial charge in [-0.15, -0.1) is 0 Å². The van der Waals surface area contributed by atoms with E-state index in [1.165, 1.54) is 0 Å². The van der Waals surface area contributed by atoms with E-state index in [-0.39, 0.29) is 5.91 Å². The topological polar surface area (TPSA) is 93.4 Å². The third-order valence-electron chi connectivity index (χ3n) is 4.72. The third-order valence-corrected chi connectivity index (χ3v) is 4.72. The van der Waals surface area contributed by atoms with Crippen molar-refractivity contribution >= 4 is 11.7 Å². The molecule has 1 saturated heterocycles. The van der Waals surface area contributed by atoms with Crippen molar-refractivity contribution in [3.8, 4) is 0 Å². The first kappa shape index (κ1) is 18.3. The molecule has 3 heterocycles. The van der Waals surface area contributed by atoms with Gasteiger partial charge in [0.2, 0.25) is 5.91 Å². The summed E-state index contributed by atoms with van der Waals surface area (Å²) in [6, 6.07) is 1.96. The standard InChI is InChI=1S/C18H25N5O3/c1-12-15(13(2)26-22-12)8-18(24)23(3)6-5-19-17-9-16(20-11-21-17)14-4-7-25-10-14/h9,11,14H,4-8,10H2,1-3H3,(H,19,20,21)/t14-/m1/s1. The maximum Gasteiger partial charge on any atom is 0.226 e. The zero-order valence-corrected chi connectivity index (χ0v) is 15.5. The minimum atomic E-state index is 0.0349. The van der Waals surface area contributed by atoms with Gasteiger partial charge in [0, 0.05) is 44.3 Å². The van der Waals surface area contributed by atoms with Crippen LogP contribution in [0.15, 0.2) is 16.9 Å². The minimum absolute atomic E-state index is 0.0349. The first-order valence-corrected chi connectivity index (χ1v) is 8.84. The van der Waals surface area contributed by atoms with Crippen molar-refractivity contribution in [1.29, 1.82) is 0 Å². The second kappa shape index (κ2) is 8.27. The zero-order valence-electron chi connectivity index (χ0n) is 15.5. The molecule has 2 aromatic heterocycles. The van der Waals surface area contributed by atoms with Gasteiger partial charge < -0.3 is 19.5 Å². The van der Waals surface area contributed by atoms with Crippen LogP contribution in [0.25, 0.3) is 0 Å². The van der Waals surface area contributed by atoms with E-state index in [1.54, 1.807) is 18.3 Å². The molecule has 1 fully saturated rings. The molecule has 0 unspecified atom stereocenters. The van der Waals surface area contributed by atoms with Gasteiger partial charge in [-0.25, -0.2) is 9.97 Å². The van der Waals surface area contributed by atoms with E-state index >= 15 is 0 Å². The average molecular weight is 359 g/mol. The minimum Gasteiger partial charge on any atom is -0.381 e. The van der Waals surface area contributed by atoms with Crippen LogP contribution >= 0.6 is 0 Å². The van der Waals surface area contributed by atoms with E-state index in [0.717, 1.165) is 42.4 Å². The molecule has 1 aliphatic heterocycles. The van der Waals surface area contributed by atoms with Crippen molar-refractivity contribution in [3.63, 3.8) is 0 Å². The van der Waals surface area contributed by atoms with Crippen molar-refractivity contribution in [2.45, 2.75) is 32.6 Å². The first-order valence-electron chi connectivity index (χ1n) is 8.84. The van der Waals surface area contributed by atoms with Crippen molar-refractivity contribution in [1.82, 2.24) is 20.0 Å². The summed E-state index contributed by atoms with van der Waals surface area (Å²) in [5.41, 5.74) is 2.64. The lowest BCUT2D eigenvalue weighted by atomic mass is 10.1. The van der Waals surface area contributed by atoms with Crippen LogP contribution in [0, 0.1) is 13.8 Å². The van der Waals surface area contributed by atoms with Gasteiger partial charge >= 0.3 is 0 Å². The van der Waals surface area contributed by atoms with Gasteiger partial charge in [0.05, 0.1) is 24.4 Å². The van der Waals surface area contributed by atoms with Crippen molar-refractivity contribution < 1.29 is 14.1 Å². The smallest absolute Gasteiger partial charge is 0.226 e. The fraction of sp³-hybridized carbons (Fsp3) is 0.556. The SMILES string of the molecule is Cc1noc(C)c1CC(=O)N(C)CCNc1cc([C@@H]2CCOC2)ncn1. The van der Waals surface area contributed by atoms with Gasteiger partial charge in [-0.3, -0.25) is 4.79 Å². The Hall–Kier alpha value is -2.48. The van der Waals surface area contributed by atoms with Gasteiger partial charge in [0.1, 0.15) is 17.9 Å². The molecule has 1 atom stereocenters. The molecule has 8 heteroatoms. The highest BCUT2D eigenvalue weighted by Gasteiger charge is 2.19. The van der Waals surface area contributed by atoms with Crippen molar-refractivity contribution in [2.75, 3.05) is 38.7 Å². The molecule has 0 radical (unpaired) electrons. The van der Waals surface area contributed by atoms with E-state index in [9.17, 15) is 4.79 Å². The van der Waals surface area contributed by atoms with Gasteiger partial charge in [-0.2, -0.15) is 0 Å². The Kier molecular flexibility index (Phi) is 5.82. The molecule has 1 N–H and O–H groups in total. The molecule has 1 aliphatic rings. The monoisotopic (exact) mass is 359 g/mol. The number of carbonyl (C=O) groups is 1. The predicted molar refractivity (Wildman–Crippen MR) is 96.0 cm³/mol. The molecule has 3 rings (SSSR count). The lowest BCUT2D eigenvalue weighted by Crippen LogP contribution is -2.32. The van der Waals surface area contributed by atoms with Crippen molar-refractivity contribution in [2.24, 2.45) is 0 Å². The van der Waals surface area contributed by atoms with Gasteiger partial charge in [-0.05, 0) is 20.3 Å². The number of ether oxygens (including phenoxy) is 1. The summed E-state index contributed by atoms with van der Waals surface area (Å²) in [6.07, 6.45) is 2.87. The van der Waals surface area contributed by atoms with Crippen LogP contribution in [0.4, 0.5) is 5.82 Å². The van der Waals surface area contributed by atoms with Crippen LogP contribution in [-0.4, -0.2) is 59.3 Å². The lowest BCUT2D eigenvalue weighted by Gasteiger charge is -2.18. The number of amides is 1. The van der Waals surface area contributed by atoms with E-state index in [0.29, 0.717) is 31.2 Å². The Balaban J connectivity index is 1.48. The van der Waals surface area contributed by atoms with Crippen LogP contribution in [0.3, 0.4) is 0 Å². The average Bonchev–Trinajstić information content (AvgIpc) is 3.28. The summed E-state index contributed by atoms with van der Waals surface area (Å²) in [4.78, 5) is 22.7. The Morgan fingerprint density at radius 2 is 2.23 bits per heavy atom. The van der Waals surface area contributed by atoms with E-state index in [1.807, 2.05) is 19.9 Å². The van der Waals surface area contributed by atoms with Crippen molar-refractivity contribution in [3.05, 3.63) is 35.1 Å². The number of aromatic nitrogens is 3. The Labute approximate surface area is 152 Å². The second-order valence-corrected chi connectivity index (χ2v) is 6.61.